The lowest BCUT2D eigenvalue weighted by molar-refractivity contribution is 0.104. The fraction of sp³-hybridized carbons (Fsp3) is 0.0714. The maximum atomic E-state index is 12.1. The first kappa shape index (κ1) is 9.79. The smallest absolute Gasteiger partial charge is 0.190 e. The Morgan fingerprint density at radius 3 is 2.75 bits per heavy atom. The Balaban J connectivity index is 2.50. The van der Waals surface area contributed by atoms with Crippen molar-refractivity contribution in [1.82, 2.24) is 0 Å². The molecule has 0 heterocycles. The number of benzene rings is 2. The van der Waals surface area contributed by atoms with Gasteiger partial charge < -0.3 is 0 Å². The van der Waals surface area contributed by atoms with E-state index in [-0.39, 0.29) is 5.78 Å². The Labute approximate surface area is 102 Å². The molecule has 1 nitrogen and oxygen atoms in total. The number of fused-ring (bicyclic) bond motifs is 3. The zero-order chi connectivity index (χ0) is 11.3. The second-order valence-electron chi connectivity index (χ2n) is 4.02. The summed E-state index contributed by atoms with van der Waals surface area (Å²) >= 11 is 3.53. The highest BCUT2D eigenvalue weighted by molar-refractivity contribution is 9.10. The number of Topliss-reactive ketones (excluding diaryl/α,β-unsaturated/α-hetero) is 1. The molecule has 2 aromatic carbocycles. The molecule has 0 saturated heterocycles. The second kappa shape index (κ2) is 3.29. The summed E-state index contributed by atoms with van der Waals surface area (Å²) < 4.78 is 0.992. The molecule has 1 aliphatic carbocycles. The fourth-order valence-corrected chi connectivity index (χ4v) is 2.75. The van der Waals surface area contributed by atoms with Gasteiger partial charge in [-0.05, 0) is 35.4 Å². The van der Waals surface area contributed by atoms with E-state index >= 15 is 0 Å². The van der Waals surface area contributed by atoms with E-state index in [1.807, 2.05) is 37.3 Å². The van der Waals surface area contributed by atoms with Crippen molar-refractivity contribution in [2.75, 3.05) is 0 Å². The molecule has 0 unspecified atom stereocenters. The molecule has 0 spiro atoms. The molecule has 0 fully saturated rings. The summed E-state index contributed by atoms with van der Waals surface area (Å²) in [6, 6.07) is 10.1. The minimum Gasteiger partial charge on any atom is -0.289 e. The van der Waals surface area contributed by atoms with Gasteiger partial charge >= 0.3 is 0 Å². The van der Waals surface area contributed by atoms with Crippen molar-refractivity contribution in [3.05, 3.63) is 51.5 Å². The van der Waals surface area contributed by atoms with E-state index in [4.69, 9.17) is 0 Å². The lowest BCUT2D eigenvalue weighted by atomic mass is 9.99. The van der Waals surface area contributed by atoms with Crippen LogP contribution >= 0.6 is 15.9 Å². The van der Waals surface area contributed by atoms with Crippen molar-refractivity contribution in [3.8, 4) is 0 Å². The molecule has 3 rings (SSSR count). The van der Waals surface area contributed by atoms with Gasteiger partial charge in [-0.1, -0.05) is 40.2 Å². The molecule has 0 bridgehead atoms. The van der Waals surface area contributed by atoms with Crippen molar-refractivity contribution < 1.29 is 4.79 Å². The van der Waals surface area contributed by atoms with Gasteiger partial charge in [0.1, 0.15) is 0 Å². The van der Waals surface area contributed by atoms with Gasteiger partial charge in [0.25, 0.3) is 0 Å². The van der Waals surface area contributed by atoms with Crippen LogP contribution in [0.5, 0.6) is 0 Å². The number of hydrogen-bond acceptors (Lipinski definition) is 1. The lowest BCUT2D eigenvalue weighted by Crippen LogP contribution is -1.97. The van der Waals surface area contributed by atoms with Gasteiger partial charge in [0.05, 0.1) is 0 Å². The number of carbonyl (C=O) groups is 1. The summed E-state index contributed by atoms with van der Waals surface area (Å²) in [7, 11) is 0. The average molecular weight is 273 g/mol. The van der Waals surface area contributed by atoms with Crippen molar-refractivity contribution >= 4 is 38.6 Å². The molecule has 16 heavy (non-hydrogen) atoms. The monoisotopic (exact) mass is 272 g/mol. The maximum absolute atomic E-state index is 12.1. The van der Waals surface area contributed by atoms with E-state index in [1.165, 1.54) is 0 Å². The molecular formula is C14H9BrO. The summed E-state index contributed by atoms with van der Waals surface area (Å²) in [5, 5.41) is 2.14. The van der Waals surface area contributed by atoms with Crippen molar-refractivity contribution in [1.29, 1.82) is 0 Å². The number of allylic oxidation sites excluding steroid dienone is 1. The molecule has 2 aromatic rings. The van der Waals surface area contributed by atoms with E-state index < -0.39 is 0 Å². The fourth-order valence-electron chi connectivity index (χ4n) is 2.19. The van der Waals surface area contributed by atoms with E-state index in [0.29, 0.717) is 0 Å². The Morgan fingerprint density at radius 2 is 1.94 bits per heavy atom. The van der Waals surface area contributed by atoms with Crippen LogP contribution < -0.4 is 0 Å². The standard InChI is InChI=1S/C14H9BrO/c1-8-6-11-12(15)7-9-4-2-3-5-10(9)13(11)14(8)16/h2-7H,1H3. The van der Waals surface area contributed by atoms with Crippen LogP contribution in [-0.4, -0.2) is 5.78 Å². The largest absolute Gasteiger partial charge is 0.289 e. The molecule has 0 N–H and O–H groups in total. The SMILES string of the molecule is CC1=Cc2c(Br)cc3ccccc3c2C1=O. The first-order chi connectivity index (χ1) is 7.68. The number of halogens is 1. The first-order valence-corrected chi connectivity index (χ1v) is 5.92. The van der Waals surface area contributed by atoms with Gasteiger partial charge in [-0.3, -0.25) is 4.79 Å². The summed E-state index contributed by atoms with van der Waals surface area (Å²) in [6.07, 6.45) is 1.95. The van der Waals surface area contributed by atoms with Crippen LogP contribution in [0.2, 0.25) is 0 Å². The molecule has 0 aliphatic heterocycles. The van der Waals surface area contributed by atoms with E-state index in [0.717, 1.165) is 31.9 Å². The molecule has 0 atom stereocenters. The summed E-state index contributed by atoms with van der Waals surface area (Å²) in [5.41, 5.74) is 2.66. The second-order valence-corrected chi connectivity index (χ2v) is 4.88. The molecular weight excluding hydrogens is 264 g/mol. The van der Waals surface area contributed by atoms with E-state index in [1.54, 1.807) is 0 Å². The number of carbonyl (C=O) groups excluding carboxylic acids is 1. The van der Waals surface area contributed by atoms with Crippen molar-refractivity contribution in [3.63, 3.8) is 0 Å². The molecule has 0 saturated carbocycles. The number of hydrogen-bond donors (Lipinski definition) is 0. The van der Waals surface area contributed by atoms with Crippen molar-refractivity contribution in [2.24, 2.45) is 0 Å². The zero-order valence-corrected chi connectivity index (χ0v) is 10.3. The molecule has 0 aromatic heterocycles. The Hall–Kier alpha value is -1.41. The number of rotatable bonds is 0. The van der Waals surface area contributed by atoms with Gasteiger partial charge in [0.15, 0.2) is 5.78 Å². The molecule has 0 amide bonds. The summed E-state index contributed by atoms with van der Waals surface area (Å²) in [4.78, 5) is 12.1. The van der Waals surface area contributed by atoms with E-state index in [2.05, 4.69) is 22.0 Å². The van der Waals surface area contributed by atoms with Crippen LogP contribution in [0, 0.1) is 0 Å². The van der Waals surface area contributed by atoms with Crippen LogP contribution in [0.4, 0.5) is 0 Å². The third kappa shape index (κ3) is 1.20. The highest BCUT2D eigenvalue weighted by Crippen LogP contribution is 2.36. The van der Waals surface area contributed by atoms with Gasteiger partial charge in [0.2, 0.25) is 0 Å². The average Bonchev–Trinajstić information content (AvgIpc) is 2.57. The van der Waals surface area contributed by atoms with Crippen LogP contribution in [0.3, 0.4) is 0 Å². The Kier molecular flexibility index (Phi) is 2.01. The predicted octanol–water partition coefficient (Wildman–Crippen LogP) is 4.20. The van der Waals surface area contributed by atoms with Gasteiger partial charge in [-0.2, -0.15) is 0 Å². The van der Waals surface area contributed by atoms with Crippen LogP contribution in [-0.2, 0) is 0 Å². The topological polar surface area (TPSA) is 17.1 Å². The number of ketones is 1. The Morgan fingerprint density at radius 1 is 1.19 bits per heavy atom. The molecule has 78 valence electrons. The van der Waals surface area contributed by atoms with Crippen molar-refractivity contribution in [2.45, 2.75) is 6.92 Å². The molecule has 2 heteroatoms. The summed E-state index contributed by atoms with van der Waals surface area (Å²) in [6.45, 7) is 1.86. The Bertz CT molecular complexity index is 653. The van der Waals surface area contributed by atoms with Gasteiger partial charge in [-0.15, -0.1) is 0 Å². The normalized spacial score (nSPS) is 14.1. The predicted molar refractivity (Wildman–Crippen MR) is 69.6 cm³/mol. The van der Waals surface area contributed by atoms with E-state index in [9.17, 15) is 4.79 Å². The minimum absolute atomic E-state index is 0.146. The lowest BCUT2D eigenvalue weighted by Gasteiger charge is -2.06. The minimum atomic E-state index is 0.146. The van der Waals surface area contributed by atoms with Crippen LogP contribution in [0.25, 0.3) is 16.8 Å². The van der Waals surface area contributed by atoms with Crippen LogP contribution in [0.1, 0.15) is 22.8 Å². The third-order valence-electron chi connectivity index (χ3n) is 2.99. The van der Waals surface area contributed by atoms with Gasteiger partial charge in [-0.25, -0.2) is 0 Å². The summed E-state index contributed by atoms with van der Waals surface area (Å²) in [5.74, 6) is 0.146. The van der Waals surface area contributed by atoms with Crippen LogP contribution in [0.15, 0.2) is 40.4 Å². The maximum Gasteiger partial charge on any atom is 0.190 e. The highest BCUT2D eigenvalue weighted by Gasteiger charge is 2.23. The van der Waals surface area contributed by atoms with Gasteiger partial charge in [0, 0.05) is 15.6 Å². The molecule has 1 aliphatic rings. The molecule has 0 radical (unpaired) electrons. The third-order valence-corrected chi connectivity index (χ3v) is 3.64. The quantitative estimate of drug-likeness (QED) is 0.703. The first-order valence-electron chi connectivity index (χ1n) is 5.13. The zero-order valence-electron chi connectivity index (χ0n) is 8.75. The highest BCUT2D eigenvalue weighted by atomic mass is 79.9.